The largest absolute Gasteiger partial charge is 0.368 e. The van der Waals surface area contributed by atoms with Crippen molar-refractivity contribution >= 4 is 0 Å². The van der Waals surface area contributed by atoms with E-state index in [1.165, 1.54) is 32.1 Å². The molecule has 2 N–H and O–H groups in total. The maximum Gasteiger partial charge on any atom is 0.154 e. The molecule has 0 spiro atoms. The summed E-state index contributed by atoms with van der Waals surface area (Å²) in [6.45, 7) is 6.47. The van der Waals surface area contributed by atoms with Gasteiger partial charge in [-0.2, -0.15) is 0 Å². The Labute approximate surface area is 101 Å². The predicted octanol–water partition coefficient (Wildman–Crippen LogP) is 3.71. The highest BCUT2D eigenvalue weighted by Crippen LogP contribution is 2.25. The summed E-state index contributed by atoms with van der Waals surface area (Å²) in [6.07, 6.45) is 8.35. The summed E-state index contributed by atoms with van der Waals surface area (Å²) in [5.41, 5.74) is 0. The monoisotopic (exact) mass is 230 g/mol. The van der Waals surface area contributed by atoms with Crippen LogP contribution in [-0.4, -0.2) is 16.5 Å². The fraction of sp³-hybridized carbons (Fsp3) is 1.00. The van der Waals surface area contributed by atoms with E-state index in [9.17, 15) is 10.2 Å². The Morgan fingerprint density at radius 3 is 2.00 bits per heavy atom. The van der Waals surface area contributed by atoms with E-state index in [4.69, 9.17) is 0 Å². The molecule has 0 aliphatic carbocycles. The number of unbranched alkanes of at least 4 members (excludes halogenated alkanes) is 3. The van der Waals surface area contributed by atoms with E-state index in [1.807, 2.05) is 6.92 Å². The molecule has 2 heteroatoms. The first-order valence-corrected chi connectivity index (χ1v) is 7.01. The Bertz CT molecular complexity index is 146. The standard InChI is InChI=1S/C14H30O2/c1-4-7-8-9-10-12(5-2)11-13(6-3)14(15)16/h12-16H,4-11H2,1-3H3. The molecule has 0 aromatic heterocycles. The summed E-state index contributed by atoms with van der Waals surface area (Å²) in [5, 5.41) is 18.4. The molecule has 0 saturated heterocycles. The van der Waals surface area contributed by atoms with Crippen LogP contribution in [0.25, 0.3) is 0 Å². The van der Waals surface area contributed by atoms with Gasteiger partial charge in [0, 0.05) is 5.92 Å². The van der Waals surface area contributed by atoms with Crippen LogP contribution in [-0.2, 0) is 0 Å². The zero-order chi connectivity index (χ0) is 12.4. The van der Waals surface area contributed by atoms with Crippen molar-refractivity contribution in [3.63, 3.8) is 0 Å². The molecule has 0 bridgehead atoms. The second-order valence-electron chi connectivity index (χ2n) is 4.94. The number of aliphatic hydroxyl groups excluding tert-OH is 1. The van der Waals surface area contributed by atoms with Gasteiger partial charge in [0.1, 0.15) is 0 Å². The van der Waals surface area contributed by atoms with Gasteiger partial charge in [0.15, 0.2) is 6.29 Å². The summed E-state index contributed by atoms with van der Waals surface area (Å²) in [5.74, 6) is 0.736. The number of hydrogen-bond donors (Lipinski definition) is 2. The average molecular weight is 230 g/mol. The fourth-order valence-electron chi connectivity index (χ4n) is 2.28. The lowest BCUT2D eigenvalue weighted by Crippen LogP contribution is -2.21. The lowest BCUT2D eigenvalue weighted by Gasteiger charge is -2.23. The Balaban J connectivity index is 3.80. The summed E-state index contributed by atoms with van der Waals surface area (Å²) >= 11 is 0. The second kappa shape index (κ2) is 10.1. The highest BCUT2D eigenvalue weighted by Gasteiger charge is 2.18. The molecule has 0 rings (SSSR count). The minimum Gasteiger partial charge on any atom is -0.368 e. The van der Waals surface area contributed by atoms with Crippen LogP contribution in [0.4, 0.5) is 0 Å². The SMILES string of the molecule is CCCCCCC(CC)CC(CC)C(O)O. The Kier molecular flexibility index (Phi) is 10.0. The van der Waals surface area contributed by atoms with Crippen molar-refractivity contribution in [1.82, 2.24) is 0 Å². The van der Waals surface area contributed by atoms with Crippen LogP contribution in [0.15, 0.2) is 0 Å². The molecule has 0 amide bonds. The zero-order valence-corrected chi connectivity index (χ0v) is 11.3. The first-order valence-electron chi connectivity index (χ1n) is 7.01. The van der Waals surface area contributed by atoms with Crippen LogP contribution < -0.4 is 0 Å². The van der Waals surface area contributed by atoms with Crippen LogP contribution in [0.2, 0.25) is 0 Å². The first kappa shape index (κ1) is 15.9. The molecule has 0 aliphatic rings. The molecule has 0 fully saturated rings. The Morgan fingerprint density at radius 1 is 0.875 bits per heavy atom. The van der Waals surface area contributed by atoms with Crippen LogP contribution in [0.5, 0.6) is 0 Å². The molecule has 0 aromatic carbocycles. The maximum atomic E-state index is 9.22. The van der Waals surface area contributed by atoms with Gasteiger partial charge in [-0.3, -0.25) is 0 Å². The molecule has 0 aliphatic heterocycles. The molecule has 2 unspecified atom stereocenters. The van der Waals surface area contributed by atoms with E-state index < -0.39 is 6.29 Å². The van der Waals surface area contributed by atoms with Gasteiger partial charge < -0.3 is 10.2 Å². The lowest BCUT2D eigenvalue weighted by molar-refractivity contribution is -0.0908. The van der Waals surface area contributed by atoms with Crippen LogP contribution in [0, 0.1) is 11.8 Å². The van der Waals surface area contributed by atoms with Gasteiger partial charge in [0.2, 0.25) is 0 Å². The molecular formula is C14H30O2. The molecule has 98 valence electrons. The van der Waals surface area contributed by atoms with Crippen LogP contribution >= 0.6 is 0 Å². The maximum absolute atomic E-state index is 9.22. The third-order valence-corrected chi connectivity index (χ3v) is 3.63. The number of hydrogen-bond acceptors (Lipinski definition) is 2. The lowest BCUT2D eigenvalue weighted by atomic mass is 9.87. The van der Waals surface area contributed by atoms with E-state index in [0.29, 0.717) is 5.92 Å². The second-order valence-corrected chi connectivity index (χ2v) is 4.94. The van der Waals surface area contributed by atoms with Crippen molar-refractivity contribution < 1.29 is 10.2 Å². The summed E-state index contributed by atoms with van der Waals surface area (Å²) in [4.78, 5) is 0. The van der Waals surface area contributed by atoms with Crippen molar-refractivity contribution in [1.29, 1.82) is 0 Å². The van der Waals surface area contributed by atoms with Gasteiger partial charge in [-0.25, -0.2) is 0 Å². The van der Waals surface area contributed by atoms with Gasteiger partial charge in [-0.1, -0.05) is 59.3 Å². The minimum absolute atomic E-state index is 0.0659. The van der Waals surface area contributed by atoms with Gasteiger partial charge in [0.25, 0.3) is 0 Å². The third kappa shape index (κ3) is 7.24. The number of aliphatic hydroxyl groups is 2. The molecule has 0 radical (unpaired) electrons. The normalized spacial score (nSPS) is 15.4. The Hall–Kier alpha value is -0.0800. The van der Waals surface area contributed by atoms with Crippen molar-refractivity contribution in [3.05, 3.63) is 0 Å². The van der Waals surface area contributed by atoms with E-state index in [0.717, 1.165) is 19.3 Å². The average Bonchev–Trinajstić information content (AvgIpc) is 2.28. The molecule has 0 heterocycles. The summed E-state index contributed by atoms with van der Waals surface area (Å²) in [6, 6.07) is 0. The predicted molar refractivity (Wildman–Crippen MR) is 69.2 cm³/mol. The van der Waals surface area contributed by atoms with Crippen molar-refractivity contribution in [3.8, 4) is 0 Å². The molecule has 2 atom stereocenters. The fourth-order valence-corrected chi connectivity index (χ4v) is 2.28. The first-order chi connectivity index (χ1) is 7.65. The quantitative estimate of drug-likeness (QED) is 0.443. The molecule has 0 aromatic rings. The minimum atomic E-state index is -1.13. The van der Waals surface area contributed by atoms with Crippen LogP contribution in [0.1, 0.15) is 72.1 Å². The van der Waals surface area contributed by atoms with E-state index >= 15 is 0 Å². The Morgan fingerprint density at radius 2 is 1.56 bits per heavy atom. The summed E-state index contributed by atoms with van der Waals surface area (Å²) < 4.78 is 0. The smallest absolute Gasteiger partial charge is 0.154 e. The molecular weight excluding hydrogens is 200 g/mol. The van der Waals surface area contributed by atoms with Gasteiger partial charge in [-0.05, 0) is 18.8 Å². The van der Waals surface area contributed by atoms with Gasteiger partial charge >= 0.3 is 0 Å². The van der Waals surface area contributed by atoms with Crippen molar-refractivity contribution in [2.75, 3.05) is 0 Å². The van der Waals surface area contributed by atoms with Crippen molar-refractivity contribution in [2.24, 2.45) is 11.8 Å². The highest BCUT2D eigenvalue weighted by molar-refractivity contribution is 4.66. The summed E-state index contributed by atoms with van der Waals surface area (Å²) in [7, 11) is 0. The third-order valence-electron chi connectivity index (χ3n) is 3.63. The van der Waals surface area contributed by atoms with Crippen molar-refractivity contribution in [2.45, 2.75) is 78.4 Å². The van der Waals surface area contributed by atoms with E-state index in [1.54, 1.807) is 0 Å². The molecule has 0 saturated carbocycles. The highest BCUT2D eigenvalue weighted by atomic mass is 16.5. The zero-order valence-electron chi connectivity index (χ0n) is 11.3. The van der Waals surface area contributed by atoms with Crippen LogP contribution in [0.3, 0.4) is 0 Å². The van der Waals surface area contributed by atoms with E-state index in [-0.39, 0.29) is 5.92 Å². The van der Waals surface area contributed by atoms with E-state index in [2.05, 4.69) is 13.8 Å². The topological polar surface area (TPSA) is 40.5 Å². The number of rotatable bonds is 10. The van der Waals surface area contributed by atoms with Gasteiger partial charge in [-0.15, -0.1) is 0 Å². The molecule has 16 heavy (non-hydrogen) atoms. The molecule has 2 nitrogen and oxygen atoms in total. The van der Waals surface area contributed by atoms with Gasteiger partial charge in [0.05, 0.1) is 0 Å².